The van der Waals surface area contributed by atoms with Crippen molar-refractivity contribution >= 4 is 5.97 Å². The maximum atomic E-state index is 11.6. The predicted octanol–water partition coefficient (Wildman–Crippen LogP) is 2.51. The lowest BCUT2D eigenvalue weighted by molar-refractivity contribution is -0.186. The van der Waals surface area contributed by atoms with Gasteiger partial charge >= 0.3 is 5.97 Å². The molecule has 17 heavy (non-hydrogen) atoms. The van der Waals surface area contributed by atoms with E-state index in [-0.39, 0.29) is 17.7 Å². The summed E-state index contributed by atoms with van der Waals surface area (Å²) in [7, 11) is 0. The van der Waals surface area contributed by atoms with Crippen LogP contribution in [-0.4, -0.2) is 18.9 Å². The molecule has 1 aliphatic heterocycles. The zero-order chi connectivity index (χ0) is 12.2. The second-order valence-corrected chi connectivity index (χ2v) is 6.09. The Labute approximate surface area is 102 Å². The van der Waals surface area contributed by atoms with Crippen LogP contribution < -0.4 is 0 Å². The van der Waals surface area contributed by atoms with Crippen molar-refractivity contribution in [3.8, 4) is 0 Å². The normalized spacial score (nSPS) is 46.9. The number of esters is 1. The summed E-state index contributed by atoms with van der Waals surface area (Å²) in [6.07, 6.45) is 3.54. The van der Waals surface area contributed by atoms with Gasteiger partial charge in [-0.3, -0.25) is 0 Å². The topological polar surface area (TPSA) is 35.5 Å². The molecule has 2 saturated carbocycles. The SMILES string of the molecule is C=C(C)C(=O)OC1OCC2C3CC[C@@H](C3)[C@]12C. The highest BCUT2D eigenvalue weighted by molar-refractivity contribution is 5.87. The van der Waals surface area contributed by atoms with Crippen molar-refractivity contribution in [3.63, 3.8) is 0 Å². The van der Waals surface area contributed by atoms with Crippen molar-refractivity contribution in [1.82, 2.24) is 0 Å². The fraction of sp³-hybridized carbons (Fsp3) is 0.786. The Morgan fingerprint density at radius 1 is 1.47 bits per heavy atom. The van der Waals surface area contributed by atoms with Crippen LogP contribution >= 0.6 is 0 Å². The Bertz CT molecular complexity index is 376. The molecule has 0 spiro atoms. The molecule has 0 aromatic carbocycles. The maximum absolute atomic E-state index is 11.6. The van der Waals surface area contributed by atoms with Gasteiger partial charge in [-0.25, -0.2) is 4.79 Å². The molecule has 3 nitrogen and oxygen atoms in total. The molecule has 2 bridgehead atoms. The quantitative estimate of drug-likeness (QED) is 0.546. The van der Waals surface area contributed by atoms with E-state index in [2.05, 4.69) is 13.5 Å². The molecular formula is C14H20O3. The maximum Gasteiger partial charge on any atom is 0.335 e. The zero-order valence-electron chi connectivity index (χ0n) is 10.6. The highest BCUT2D eigenvalue weighted by Crippen LogP contribution is 2.64. The van der Waals surface area contributed by atoms with E-state index >= 15 is 0 Å². The van der Waals surface area contributed by atoms with E-state index in [0.29, 0.717) is 17.4 Å². The van der Waals surface area contributed by atoms with Crippen molar-refractivity contribution < 1.29 is 14.3 Å². The average Bonchev–Trinajstić information content (AvgIpc) is 2.91. The summed E-state index contributed by atoms with van der Waals surface area (Å²) in [5.74, 6) is 1.73. The Morgan fingerprint density at radius 2 is 2.24 bits per heavy atom. The molecule has 3 heteroatoms. The zero-order valence-corrected chi connectivity index (χ0v) is 10.6. The van der Waals surface area contributed by atoms with Crippen LogP contribution in [0, 0.1) is 23.2 Å². The summed E-state index contributed by atoms with van der Waals surface area (Å²) in [4.78, 5) is 11.6. The molecule has 0 amide bonds. The largest absolute Gasteiger partial charge is 0.432 e. The number of ether oxygens (including phenoxy) is 2. The molecule has 0 N–H and O–H groups in total. The van der Waals surface area contributed by atoms with E-state index in [1.807, 2.05) is 0 Å². The molecule has 3 aliphatic rings. The Balaban J connectivity index is 1.79. The van der Waals surface area contributed by atoms with Gasteiger partial charge in [0.1, 0.15) is 0 Å². The van der Waals surface area contributed by atoms with Crippen molar-refractivity contribution in [2.45, 2.75) is 39.4 Å². The third-order valence-corrected chi connectivity index (χ3v) is 5.22. The molecule has 1 heterocycles. The Morgan fingerprint density at radius 3 is 2.94 bits per heavy atom. The Hall–Kier alpha value is -0.830. The summed E-state index contributed by atoms with van der Waals surface area (Å²) < 4.78 is 11.2. The molecule has 5 atom stereocenters. The van der Waals surface area contributed by atoms with Crippen LogP contribution in [0.3, 0.4) is 0 Å². The number of hydrogen-bond acceptors (Lipinski definition) is 3. The summed E-state index contributed by atoms with van der Waals surface area (Å²) in [6.45, 7) is 8.30. The smallest absolute Gasteiger partial charge is 0.335 e. The lowest BCUT2D eigenvalue weighted by atomic mass is 9.68. The number of fused-ring (bicyclic) bond motifs is 5. The lowest BCUT2D eigenvalue weighted by Gasteiger charge is -2.37. The molecule has 1 saturated heterocycles. The highest BCUT2D eigenvalue weighted by atomic mass is 16.7. The van der Waals surface area contributed by atoms with Gasteiger partial charge in [-0.1, -0.05) is 13.5 Å². The summed E-state index contributed by atoms with van der Waals surface area (Å²) in [5.41, 5.74) is 0.498. The minimum absolute atomic E-state index is 0.0496. The second-order valence-electron chi connectivity index (χ2n) is 6.09. The number of hydrogen-bond donors (Lipinski definition) is 0. The number of carbonyl (C=O) groups is 1. The van der Waals surface area contributed by atoms with E-state index in [9.17, 15) is 4.79 Å². The molecule has 0 aromatic rings. The molecule has 3 fully saturated rings. The van der Waals surface area contributed by atoms with Crippen molar-refractivity contribution in [2.75, 3.05) is 6.61 Å². The second kappa shape index (κ2) is 3.58. The van der Waals surface area contributed by atoms with E-state index in [0.717, 1.165) is 12.5 Å². The van der Waals surface area contributed by atoms with Gasteiger partial charge in [-0.2, -0.15) is 0 Å². The minimum Gasteiger partial charge on any atom is -0.432 e. The van der Waals surface area contributed by atoms with Gasteiger partial charge in [0.15, 0.2) is 0 Å². The molecular weight excluding hydrogens is 216 g/mol. The summed E-state index contributed by atoms with van der Waals surface area (Å²) in [6, 6.07) is 0. The van der Waals surface area contributed by atoms with Gasteiger partial charge in [-0.15, -0.1) is 0 Å². The van der Waals surface area contributed by atoms with Crippen LogP contribution in [0.1, 0.15) is 33.1 Å². The molecule has 3 rings (SSSR count). The van der Waals surface area contributed by atoms with E-state index in [1.54, 1.807) is 6.92 Å². The third-order valence-electron chi connectivity index (χ3n) is 5.22. The fourth-order valence-corrected chi connectivity index (χ4v) is 4.17. The molecule has 0 aromatic heterocycles. The average molecular weight is 236 g/mol. The molecule has 94 valence electrons. The van der Waals surface area contributed by atoms with Crippen LogP contribution in [-0.2, 0) is 14.3 Å². The van der Waals surface area contributed by atoms with E-state index in [1.165, 1.54) is 19.3 Å². The van der Waals surface area contributed by atoms with Crippen LogP contribution in [0.25, 0.3) is 0 Å². The highest BCUT2D eigenvalue weighted by Gasteiger charge is 2.64. The van der Waals surface area contributed by atoms with Crippen LogP contribution in [0.4, 0.5) is 0 Å². The number of rotatable bonds is 2. The van der Waals surface area contributed by atoms with Gasteiger partial charge < -0.3 is 9.47 Å². The van der Waals surface area contributed by atoms with E-state index < -0.39 is 0 Å². The van der Waals surface area contributed by atoms with Crippen LogP contribution in [0.5, 0.6) is 0 Å². The first kappa shape index (κ1) is 11.3. The fourth-order valence-electron chi connectivity index (χ4n) is 4.17. The van der Waals surface area contributed by atoms with Crippen molar-refractivity contribution in [1.29, 1.82) is 0 Å². The minimum atomic E-state index is -0.355. The monoisotopic (exact) mass is 236 g/mol. The first-order valence-electron chi connectivity index (χ1n) is 6.51. The third kappa shape index (κ3) is 1.41. The molecule has 0 radical (unpaired) electrons. The molecule has 2 aliphatic carbocycles. The first-order valence-corrected chi connectivity index (χ1v) is 6.51. The standard InChI is InChI=1S/C14H20O3/c1-8(2)12(15)17-13-14(3)10-5-4-9(6-10)11(14)7-16-13/h9-11,13H,1,4-7H2,2-3H3/t9?,10-,11?,13?,14-/m0/s1. The van der Waals surface area contributed by atoms with Crippen molar-refractivity contribution in [2.24, 2.45) is 23.2 Å². The van der Waals surface area contributed by atoms with Gasteiger partial charge in [0.25, 0.3) is 0 Å². The number of carbonyl (C=O) groups excluding carboxylic acids is 1. The van der Waals surface area contributed by atoms with E-state index in [4.69, 9.17) is 9.47 Å². The Kier molecular flexibility index (Phi) is 2.37. The predicted molar refractivity (Wildman–Crippen MR) is 63.1 cm³/mol. The summed E-state index contributed by atoms with van der Waals surface area (Å²) in [5, 5.41) is 0. The van der Waals surface area contributed by atoms with Crippen molar-refractivity contribution in [3.05, 3.63) is 12.2 Å². The molecule has 3 unspecified atom stereocenters. The lowest BCUT2D eigenvalue weighted by Crippen LogP contribution is -2.41. The van der Waals surface area contributed by atoms with Gasteiger partial charge in [-0.05, 0) is 43.9 Å². The summed E-state index contributed by atoms with van der Waals surface area (Å²) >= 11 is 0. The van der Waals surface area contributed by atoms with Crippen LogP contribution in [0.15, 0.2) is 12.2 Å². The van der Waals surface area contributed by atoms with Crippen LogP contribution in [0.2, 0.25) is 0 Å². The van der Waals surface area contributed by atoms with Gasteiger partial charge in [0.05, 0.1) is 6.61 Å². The van der Waals surface area contributed by atoms with Gasteiger partial charge in [0, 0.05) is 11.0 Å². The first-order chi connectivity index (χ1) is 8.03. The van der Waals surface area contributed by atoms with Gasteiger partial charge in [0.2, 0.25) is 6.29 Å².